The van der Waals surface area contributed by atoms with E-state index in [1.54, 1.807) is 6.07 Å². The van der Waals surface area contributed by atoms with Gasteiger partial charge >= 0.3 is 0 Å². The van der Waals surface area contributed by atoms with Gasteiger partial charge in [0.2, 0.25) is 0 Å². The second kappa shape index (κ2) is 9.73. The Bertz CT molecular complexity index is 1100. The predicted molar refractivity (Wildman–Crippen MR) is 115 cm³/mol. The van der Waals surface area contributed by atoms with Crippen LogP contribution in [0.3, 0.4) is 0 Å². The van der Waals surface area contributed by atoms with Crippen LogP contribution in [-0.2, 0) is 18.9 Å². The van der Waals surface area contributed by atoms with Crippen LogP contribution in [0, 0.1) is 0 Å². The van der Waals surface area contributed by atoms with Gasteiger partial charge in [0, 0.05) is 12.2 Å². The molecule has 0 N–H and O–H groups in total. The summed E-state index contributed by atoms with van der Waals surface area (Å²) in [5.41, 5.74) is 0.955. The number of thioether (sulfide) groups is 1. The largest absolute Gasteiger partial charge is 0.484 e. The number of nitrogens with zero attached hydrogens (tertiary/aromatic N) is 7. The number of ether oxygens (including phenoxy) is 1. The molecule has 2 heterocycles. The maximum atomic E-state index is 6.21. The lowest BCUT2D eigenvalue weighted by atomic mass is 10.3. The maximum Gasteiger partial charge on any atom is 0.196 e. The molecule has 0 spiro atoms. The Morgan fingerprint density at radius 1 is 0.967 bits per heavy atom. The third kappa shape index (κ3) is 4.63. The van der Waals surface area contributed by atoms with E-state index in [-0.39, 0.29) is 6.61 Å². The standard InChI is InChI=1S/C20H20ClN7OS/c1-2-12-27-19(23-25-26-27)14-30-20-24-22-18(28(20)15-8-4-3-5-9-15)13-29-17-11-7-6-10-16(17)21/h3-11H,2,12-14H2,1H3. The molecule has 2 aromatic carbocycles. The van der Waals surface area contributed by atoms with Crippen molar-refractivity contribution in [2.45, 2.75) is 37.4 Å². The number of hydrogen-bond donors (Lipinski definition) is 0. The van der Waals surface area contributed by atoms with Crippen molar-refractivity contribution in [1.29, 1.82) is 0 Å². The highest BCUT2D eigenvalue weighted by Gasteiger charge is 2.17. The minimum Gasteiger partial charge on any atom is -0.484 e. The molecule has 0 saturated carbocycles. The van der Waals surface area contributed by atoms with Crippen molar-refractivity contribution in [3.05, 3.63) is 71.3 Å². The first kappa shape index (κ1) is 20.4. The number of tetrazole rings is 1. The van der Waals surface area contributed by atoms with Gasteiger partial charge in [0.15, 0.2) is 16.8 Å². The number of aryl methyl sites for hydroxylation is 1. The van der Waals surface area contributed by atoms with Crippen LogP contribution < -0.4 is 4.74 Å². The number of hydrogen-bond acceptors (Lipinski definition) is 7. The second-order valence-corrected chi connectivity index (χ2v) is 7.75. The molecule has 8 nitrogen and oxygen atoms in total. The zero-order chi connectivity index (χ0) is 20.8. The highest BCUT2D eigenvalue weighted by molar-refractivity contribution is 7.98. The smallest absolute Gasteiger partial charge is 0.196 e. The van der Waals surface area contributed by atoms with Gasteiger partial charge < -0.3 is 4.74 Å². The summed E-state index contributed by atoms with van der Waals surface area (Å²) >= 11 is 7.74. The van der Waals surface area contributed by atoms with Gasteiger partial charge in [0.05, 0.1) is 10.8 Å². The molecule has 0 saturated heterocycles. The third-order valence-electron chi connectivity index (χ3n) is 4.28. The Kier molecular flexibility index (Phi) is 6.60. The van der Waals surface area contributed by atoms with E-state index >= 15 is 0 Å². The van der Waals surface area contributed by atoms with Gasteiger partial charge in [-0.3, -0.25) is 4.57 Å². The van der Waals surface area contributed by atoms with Gasteiger partial charge in [0.25, 0.3) is 0 Å². The zero-order valence-electron chi connectivity index (χ0n) is 16.3. The Hall–Kier alpha value is -2.91. The average molecular weight is 442 g/mol. The van der Waals surface area contributed by atoms with Crippen molar-refractivity contribution in [3.63, 3.8) is 0 Å². The third-order valence-corrected chi connectivity index (χ3v) is 5.52. The predicted octanol–water partition coefficient (Wildman–Crippen LogP) is 4.19. The van der Waals surface area contributed by atoms with Crippen LogP contribution in [0.2, 0.25) is 5.02 Å². The fourth-order valence-electron chi connectivity index (χ4n) is 2.87. The van der Waals surface area contributed by atoms with E-state index in [1.807, 2.05) is 57.8 Å². The van der Waals surface area contributed by atoms with Crippen molar-refractivity contribution >= 4 is 23.4 Å². The Morgan fingerprint density at radius 2 is 1.77 bits per heavy atom. The van der Waals surface area contributed by atoms with Crippen molar-refractivity contribution in [3.8, 4) is 11.4 Å². The lowest BCUT2D eigenvalue weighted by molar-refractivity contribution is 0.293. The van der Waals surface area contributed by atoms with Gasteiger partial charge in [0.1, 0.15) is 12.4 Å². The monoisotopic (exact) mass is 441 g/mol. The normalized spacial score (nSPS) is 11.0. The van der Waals surface area contributed by atoms with E-state index in [9.17, 15) is 0 Å². The van der Waals surface area contributed by atoms with E-state index in [4.69, 9.17) is 16.3 Å². The summed E-state index contributed by atoms with van der Waals surface area (Å²) in [4.78, 5) is 0. The summed E-state index contributed by atoms with van der Waals surface area (Å²) in [6.07, 6.45) is 0.965. The van der Waals surface area contributed by atoms with E-state index in [0.29, 0.717) is 22.3 Å². The molecule has 0 bridgehead atoms. The highest BCUT2D eigenvalue weighted by atomic mass is 35.5. The van der Waals surface area contributed by atoms with Crippen LogP contribution in [0.25, 0.3) is 5.69 Å². The van der Waals surface area contributed by atoms with Gasteiger partial charge in [-0.05, 0) is 41.1 Å². The molecule has 30 heavy (non-hydrogen) atoms. The van der Waals surface area contributed by atoms with Gasteiger partial charge in [-0.2, -0.15) is 0 Å². The lowest BCUT2D eigenvalue weighted by Gasteiger charge is -2.11. The number of rotatable bonds is 9. The summed E-state index contributed by atoms with van der Waals surface area (Å²) in [7, 11) is 0. The number of para-hydroxylation sites is 2. The van der Waals surface area contributed by atoms with Crippen molar-refractivity contribution in [1.82, 2.24) is 35.0 Å². The Morgan fingerprint density at radius 3 is 2.57 bits per heavy atom. The maximum absolute atomic E-state index is 6.21. The molecular weight excluding hydrogens is 422 g/mol. The summed E-state index contributed by atoms with van der Waals surface area (Å²) in [6, 6.07) is 17.3. The van der Waals surface area contributed by atoms with Crippen LogP contribution >= 0.6 is 23.4 Å². The molecule has 10 heteroatoms. The number of halogens is 1. The summed E-state index contributed by atoms with van der Waals surface area (Å²) in [5.74, 6) is 2.67. The van der Waals surface area contributed by atoms with Crippen LogP contribution in [0.4, 0.5) is 0 Å². The first-order valence-electron chi connectivity index (χ1n) is 9.51. The Labute approximate surface area is 183 Å². The van der Waals surface area contributed by atoms with Crippen molar-refractivity contribution in [2.75, 3.05) is 0 Å². The fraction of sp³-hybridized carbons (Fsp3) is 0.250. The van der Waals surface area contributed by atoms with Crippen molar-refractivity contribution in [2.24, 2.45) is 0 Å². The first-order chi connectivity index (χ1) is 14.8. The molecule has 0 atom stereocenters. The summed E-state index contributed by atoms with van der Waals surface area (Å²) in [5, 5.41) is 22.0. The van der Waals surface area contributed by atoms with Crippen LogP contribution in [0.5, 0.6) is 5.75 Å². The van der Waals surface area contributed by atoms with Crippen molar-refractivity contribution < 1.29 is 4.74 Å². The fourth-order valence-corrected chi connectivity index (χ4v) is 3.96. The molecule has 154 valence electrons. The molecule has 0 aliphatic rings. The van der Waals surface area contributed by atoms with Crippen LogP contribution in [0.15, 0.2) is 59.8 Å². The molecule has 0 aliphatic heterocycles. The SMILES string of the molecule is CCCn1nnnc1CSc1nnc(COc2ccccc2Cl)n1-c1ccccc1. The molecule has 0 unspecified atom stereocenters. The summed E-state index contributed by atoms with van der Waals surface area (Å²) < 4.78 is 9.70. The second-order valence-electron chi connectivity index (χ2n) is 6.40. The van der Waals surface area contributed by atoms with Gasteiger partial charge in [-0.25, -0.2) is 4.68 Å². The molecule has 4 rings (SSSR count). The van der Waals surface area contributed by atoms with Gasteiger partial charge in [-0.15, -0.1) is 15.3 Å². The minimum atomic E-state index is 0.236. The van der Waals surface area contributed by atoms with E-state index in [0.717, 1.165) is 29.6 Å². The molecule has 4 aromatic rings. The van der Waals surface area contributed by atoms with E-state index in [1.165, 1.54) is 11.8 Å². The Balaban J connectivity index is 1.57. The van der Waals surface area contributed by atoms with Crippen LogP contribution in [-0.4, -0.2) is 35.0 Å². The topological polar surface area (TPSA) is 83.5 Å². The highest BCUT2D eigenvalue weighted by Crippen LogP contribution is 2.27. The molecular formula is C20H20ClN7OS. The number of aromatic nitrogens is 7. The number of benzene rings is 2. The molecule has 0 amide bonds. The first-order valence-corrected chi connectivity index (χ1v) is 10.9. The quantitative estimate of drug-likeness (QED) is 0.360. The zero-order valence-corrected chi connectivity index (χ0v) is 17.9. The summed E-state index contributed by atoms with van der Waals surface area (Å²) in [6.45, 7) is 3.11. The van der Waals surface area contributed by atoms with Gasteiger partial charge in [-0.1, -0.05) is 60.6 Å². The molecule has 0 aliphatic carbocycles. The van der Waals surface area contributed by atoms with E-state index < -0.39 is 0 Å². The molecule has 2 aromatic heterocycles. The molecule has 0 fully saturated rings. The minimum absolute atomic E-state index is 0.236. The van der Waals surface area contributed by atoms with Crippen LogP contribution in [0.1, 0.15) is 25.0 Å². The average Bonchev–Trinajstić information content (AvgIpc) is 3.39. The molecule has 0 radical (unpaired) electrons. The van der Waals surface area contributed by atoms with E-state index in [2.05, 4.69) is 32.6 Å². The lowest BCUT2D eigenvalue weighted by Crippen LogP contribution is -2.07.